The average Bonchev–Trinajstić information content (AvgIpc) is 3.06. The van der Waals surface area contributed by atoms with Crippen molar-refractivity contribution in [2.75, 3.05) is 11.4 Å². The summed E-state index contributed by atoms with van der Waals surface area (Å²) >= 11 is 5.90. The molecule has 0 amide bonds. The van der Waals surface area contributed by atoms with Gasteiger partial charge in [-0.3, -0.25) is 0 Å². The molecule has 0 aliphatic heterocycles. The van der Waals surface area contributed by atoms with Crippen LogP contribution in [-0.4, -0.2) is 22.7 Å². The van der Waals surface area contributed by atoms with Crippen LogP contribution in [0.2, 0.25) is 5.02 Å². The van der Waals surface area contributed by atoms with E-state index in [9.17, 15) is 0 Å². The molecule has 15 heavy (non-hydrogen) atoms. The van der Waals surface area contributed by atoms with Gasteiger partial charge in [0.05, 0.1) is 11.6 Å². The van der Waals surface area contributed by atoms with E-state index in [1.54, 1.807) is 6.20 Å². The van der Waals surface area contributed by atoms with Crippen LogP contribution in [0, 0.1) is 0 Å². The zero-order chi connectivity index (χ0) is 10.8. The minimum Gasteiger partial charge on any atom is -0.392 e. The molecule has 0 radical (unpaired) electrons. The third-order valence-electron chi connectivity index (χ3n) is 2.71. The summed E-state index contributed by atoms with van der Waals surface area (Å²) in [5.74, 6) is 0.924. The maximum Gasteiger partial charge on any atom is 0.129 e. The molecule has 1 heterocycles. The van der Waals surface area contributed by atoms with Gasteiger partial charge in [0.1, 0.15) is 5.82 Å². The number of rotatable bonds is 4. The fraction of sp³-hybridized carbons (Fsp3) is 0.545. The van der Waals surface area contributed by atoms with E-state index < -0.39 is 0 Å². The molecule has 0 spiro atoms. The number of aromatic nitrogens is 1. The Balaban J connectivity index is 2.26. The highest BCUT2D eigenvalue weighted by Crippen LogP contribution is 2.31. The van der Waals surface area contributed by atoms with Gasteiger partial charge in [-0.25, -0.2) is 4.98 Å². The maximum atomic E-state index is 9.12. The van der Waals surface area contributed by atoms with Gasteiger partial charge in [-0.05, 0) is 25.8 Å². The van der Waals surface area contributed by atoms with Gasteiger partial charge in [0.25, 0.3) is 0 Å². The molecule has 2 rings (SSSR count). The Morgan fingerprint density at radius 2 is 2.33 bits per heavy atom. The van der Waals surface area contributed by atoms with Crippen molar-refractivity contribution in [2.45, 2.75) is 32.4 Å². The van der Waals surface area contributed by atoms with Gasteiger partial charge in [-0.2, -0.15) is 0 Å². The molecule has 1 N–H and O–H groups in total. The van der Waals surface area contributed by atoms with E-state index in [1.165, 1.54) is 12.8 Å². The first-order valence-electron chi connectivity index (χ1n) is 5.28. The van der Waals surface area contributed by atoms with E-state index in [-0.39, 0.29) is 6.61 Å². The molecular formula is C11H15ClN2O. The van der Waals surface area contributed by atoms with E-state index in [1.807, 2.05) is 6.07 Å². The van der Waals surface area contributed by atoms with Crippen LogP contribution in [0.4, 0.5) is 5.82 Å². The summed E-state index contributed by atoms with van der Waals surface area (Å²) in [4.78, 5) is 6.56. The zero-order valence-electron chi connectivity index (χ0n) is 8.78. The minimum absolute atomic E-state index is 0.0312. The zero-order valence-corrected chi connectivity index (χ0v) is 9.54. The van der Waals surface area contributed by atoms with E-state index in [2.05, 4.69) is 16.8 Å². The SMILES string of the molecule is CCN(c1cc(CO)c(Cl)cn1)C1CC1. The molecule has 1 aromatic rings. The topological polar surface area (TPSA) is 36.4 Å². The highest BCUT2D eigenvalue weighted by atomic mass is 35.5. The predicted molar refractivity (Wildman–Crippen MR) is 61.2 cm³/mol. The monoisotopic (exact) mass is 226 g/mol. The molecule has 1 fully saturated rings. The summed E-state index contributed by atoms with van der Waals surface area (Å²) in [6.45, 7) is 3.04. The van der Waals surface area contributed by atoms with E-state index in [4.69, 9.17) is 16.7 Å². The Labute approximate surface area is 94.7 Å². The lowest BCUT2D eigenvalue weighted by atomic mass is 10.2. The first kappa shape index (κ1) is 10.7. The lowest BCUT2D eigenvalue weighted by Crippen LogP contribution is -2.26. The average molecular weight is 227 g/mol. The summed E-state index contributed by atoms with van der Waals surface area (Å²) in [7, 11) is 0. The fourth-order valence-electron chi connectivity index (χ4n) is 1.74. The molecule has 1 aromatic heterocycles. The standard InChI is InChI=1S/C11H15ClN2O/c1-2-14(9-3-4-9)11-5-8(7-15)10(12)6-13-11/h5-6,9,15H,2-4,7H2,1H3. The van der Waals surface area contributed by atoms with Gasteiger partial charge in [-0.1, -0.05) is 11.6 Å². The van der Waals surface area contributed by atoms with Gasteiger partial charge < -0.3 is 10.0 Å². The van der Waals surface area contributed by atoms with Crippen molar-refractivity contribution in [3.63, 3.8) is 0 Å². The number of pyridine rings is 1. The van der Waals surface area contributed by atoms with Crippen LogP contribution in [0.3, 0.4) is 0 Å². The number of anilines is 1. The normalized spacial score (nSPS) is 15.4. The highest BCUT2D eigenvalue weighted by Gasteiger charge is 2.28. The van der Waals surface area contributed by atoms with Gasteiger partial charge in [0, 0.05) is 24.3 Å². The Morgan fingerprint density at radius 1 is 1.60 bits per heavy atom. The lowest BCUT2D eigenvalue weighted by molar-refractivity contribution is 0.282. The van der Waals surface area contributed by atoms with Crippen LogP contribution in [0.5, 0.6) is 0 Å². The highest BCUT2D eigenvalue weighted by molar-refractivity contribution is 6.31. The fourth-order valence-corrected chi connectivity index (χ4v) is 1.90. The van der Waals surface area contributed by atoms with Crippen molar-refractivity contribution >= 4 is 17.4 Å². The maximum absolute atomic E-state index is 9.12. The molecule has 4 heteroatoms. The Hall–Kier alpha value is -0.800. The van der Waals surface area contributed by atoms with Gasteiger partial charge in [0.15, 0.2) is 0 Å². The van der Waals surface area contributed by atoms with Crippen molar-refractivity contribution in [3.8, 4) is 0 Å². The van der Waals surface area contributed by atoms with Crippen LogP contribution < -0.4 is 4.90 Å². The Morgan fingerprint density at radius 3 is 2.87 bits per heavy atom. The summed E-state index contributed by atoms with van der Waals surface area (Å²) in [6, 6.07) is 2.51. The smallest absolute Gasteiger partial charge is 0.129 e. The first-order chi connectivity index (χ1) is 7.26. The largest absolute Gasteiger partial charge is 0.392 e. The molecule has 1 saturated carbocycles. The molecule has 0 bridgehead atoms. The van der Waals surface area contributed by atoms with Crippen molar-refractivity contribution in [2.24, 2.45) is 0 Å². The third-order valence-corrected chi connectivity index (χ3v) is 3.05. The van der Waals surface area contributed by atoms with Gasteiger partial charge in [-0.15, -0.1) is 0 Å². The second-order valence-corrected chi connectivity index (χ2v) is 4.22. The molecule has 0 aromatic carbocycles. The molecule has 1 aliphatic rings. The molecule has 1 aliphatic carbocycles. The second-order valence-electron chi connectivity index (χ2n) is 3.81. The second kappa shape index (κ2) is 4.37. The van der Waals surface area contributed by atoms with Crippen LogP contribution in [0.15, 0.2) is 12.3 Å². The van der Waals surface area contributed by atoms with Gasteiger partial charge >= 0.3 is 0 Å². The van der Waals surface area contributed by atoms with E-state index in [0.717, 1.165) is 17.9 Å². The van der Waals surface area contributed by atoms with Crippen molar-refractivity contribution in [1.29, 1.82) is 0 Å². The summed E-state index contributed by atoms with van der Waals surface area (Å²) in [6.07, 6.45) is 4.10. The third kappa shape index (κ3) is 2.24. The molecule has 82 valence electrons. The van der Waals surface area contributed by atoms with Crippen molar-refractivity contribution in [3.05, 3.63) is 22.8 Å². The number of nitrogens with zero attached hydrogens (tertiary/aromatic N) is 2. The van der Waals surface area contributed by atoms with E-state index in [0.29, 0.717) is 11.1 Å². The summed E-state index contributed by atoms with van der Waals surface area (Å²) < 4.78 is 0. The molecule has 0 unspecified atom stereocenters. The number of halogens is 1. The number of hydrogen-bond donors (Lipinski definition) is 1. The summed E-state index contributed by atoms with van der Waals surface area (Å²) in [5, 5.41) is 9.66. The van der Waals surface area contributed by atoms with Gasteiger partial charge in [0.2, 0.25) is 0 Å². The molecule has 0 saturated heterocycles. The Kier molecular flexibility index (Phi) is 3.12. The first-order valence-corrected chi connectivity index (χ1v) is 5.66. The van der Waals surface area contributed by atoms with E-state index >= 15 is 0 Å². The van der Waals surface area contributed by atoms with Crippen LogP contribution in [-0.2, 0) is 6.61 Å². The lowest BCUT2D eigenvalue weighted by Gasteiger charge is -2.22. The molecular weight excluding hydrogens is 212 g/mol. The van der Waals surface area contributed by atoms with Crippen molar-refractivity contribution < 1.29 is 5.11 Å². The molecule has 3 nitrogen and oxygen atoms in total. The van der Waals surface area contributed by atoms with Crippen LogP contribution in [0.25, 0.3) is 0 Å². The quantitative estimate of drug-likeness (QED) is 0.855. The minimum atomic E-state index is -0.0312. The van der Waals surface area contributed by atoms with Crippen LogP contribution >= 0.6 is 11.6 Å². The molecule has 0 atom stereocenters. The number of aliphatic hydroxyl groups excluding tert-OH is 1. The summed E-state index contributed by atoms with van der Waals surface area (Å²) in [5.41, 5.74) is 0.751. The van der Waals surface area contributed by atoms with Crippen molar-refractivity contribution in [1.82, 2.24) is 4.98 Å². The predicted octanol–water partition coefficient (Wildman–Crippen LogP) is 2.22. The number of aliphatic hydroxyl groups is 1. The van der Waals surface area contributed by atoms with Crippen LogP contribution in [0.1, 0.15) is 25.3 Å². The number of hydrogen-bond acceptors (Lipinski definition) is 3. The Bertz CT molecular complexity index is 352.